The number of methoxy groups -OCH3 is 1. The van der Waals surface area contributed by atoms with Gasteiger partial charge in [0, 0.05) is 29.1 Å². The molecular weight excluding hydrogens is 669 g/mol. The van der Waals surface area contributed by atoms with Gasteiger partial charge in [-0.1, -0.05) is 90.3 Å². The van der Waals surface area contributed by atoms with Gasteiger partial charge in [-0.25, -0.2) is 8.42 Å². The Morgan fingerprint density at radius 1 is 0.896 bits per heavy atom. The van der Waals surface area contributed by atoms with Gasteiger partial charge in [-0.2, -0.15) is 0 Å². The Morgan fingerprint density at radius 3 is 2.19 bits per heavy atom. The highest BCUT2D eigenvalue weighted by Crippen LogP contribution is 2.34. The van der Waals surface area contributed by atoms with Gasteiger partial charge in [0.15, 0.2) is 0 Å². The first-order valence-electron chi connectivity index (χ1n) is 15.7. The summed E-state index contributed by atoms with van der Waals surface area (Å²) < 4.78 is 35.4. The molecule has 0 heterocycles. The summed E-state index contributed by atoms with van der Waals surface area (Å²) in [5.41, 5.74) is 3.21. The van der Waals surface area contributed by atoms with E-state index in [2.05, 4.69) is 5.32 Å². The molecule has 0 saturated carbocycles. The standard InChI is InChI=1S/C37H41Cl2N3O5S/c1-6-27(4)40-37(44)34(21-28-10-8-7-9-11-28)41(23-29-15-16-30(38)22-32(29)39)36(43)24-42(33-20-26(3)14-19-35(33)47-5)48(45,46)31-17-12-25(2)13-18-31/h7-20,22,27,34H,6,21,23-24H2,1-5H3,(H,40,44)/t27-,34-/m1/s1. The molecule has 0 fully saturated rings. The fraction of sp³-hybridized carbons (Fsp3) is 0.297. The molecule has 2 amide bonds. The third-order valence-corrected chi connectivity index (χ3v) is 10.5. The number of amides is 2. The summed E-state index contributed by atoms with van der Waals surface area (Å²) in [5, 5.41) is 3.75. The van der Waals surface area contributed by atoms with E-state index in [9.17, 15) is 18.0 Å². The molecule has 0 radical (unpaired) electrons. The maximum Gasteiger partial charge on any atom is 0.264 e. The van der Waals surface area contributed by atoms with Crippen molar-refractivity contribution in [3.05, 3.63) is 123 Å². The van der Waals surface area contributed by atoms with Crippen molar-refractivity contribution >= 4 is 50.7 Å². The lowest BCUT2D eigenvalue weighted by Crippen LogP contribution is -2.54. The Morgan fingerprint density at radius 2 is 1.56 bits per heavy atom. The summed E-state index contributed by atoms with van der Waals surface area (Å²) >= 11 is 12.8. The molecule has 0 spiro atoms. The highest BCUT2D eigenvalue weighted by molar-refractivity contribution is 7.92. The minimum absolute atomic E-state index is 0.00658. The van der Waals surface area contributed by atoms with E-state index in [1.54, 1.807) is 48.5 Å². The van der Waals surface area contributed by atoms with Crippen LogP contribution in [-0.4, -0.2) is 50.9 Å². The van der Waals surface area contributed by atoms with Crippen LogP contribution in [-0.2, 0) is 32.6 Å². The average Bonchev–Trinajstić information content (AvgIpc) is 3.06. The van der Waals surface area contributed by atoms with Crippen LogP contribution in [0.4, 0.5) is 5.69 Å². The van der Waals surface area contributed by atoms with Crippen molar-refractivity contribution in [2.45, 2.75) is 64.1 Å². The number of rotatable bonds is 14. The highest BCUT2D eigenvalue weighted by atomic mass is 35.5. The predicted octanol–water partition coefficient (Wildman–Crippen LogP) is 7.37. The number of carbonyl (C=O) groups is 2. The average molecular weight is 711 g/mol. The number of halogens is 2. The van der Waals surface area contributed by atoms with Crippen LogP contribution in [0.1, 0.15) is 42.5 Å². The van der Waals surface area contributed by atoms with Crippen LogP contribution in [0.5, 0.6) is 5.75 Å². The Balaban J connectivity index is 1.88. The summed E-state index contributed by atoms with van der Waals surface area (Å²) in [6, 6.07) is 24.6. The summed E-state index contributed by atoms with van der Waals surface area (Å²) in [6.45, 7) is 6.83. The van der Waals surface area contributed by atoms with Crippen molar-refractivity contribution in [3.63, 3.8) is 0 Å². The number of nitrogens with zero attached hydrogens (tertiary/aromatic N) is 2. The second-order valence-electron chi connectivity index (χ2n) is 11.8. The van der Waals surface area contributed by atoms with E-state index in [-0.39, 0.29) is 41.2 Å². The third-order valence-electron chi connectivity index (χ3n) is 8.12. The Kier molecular flexibility index (Phi) is 12.5. The van der Waals surface area contributed by atoms with Crippen molar-refractivity contribution < 1.29 is 22.7 Å². The largest absolute Gasteiger partial charge is 0.495 e. The summed E-state index contributed by atoms with van der Waals surface area (Å²) in [4.78, 5) is 30.2. The number of nitrogens with one attached hydrogen (secondary N) is 1. The number of benzene rings is 4. The van der Waals surface area contributed by atoms with Gasteiger partial charge in [-0.05, 0) is 80.3 Å². The molecule has 0 bridgehead atoms. The minimum atomic E-state index is -4.30. The molecule has 4 aromatic rings. The first kappa shape index (κ1) is 36.8. The molecule has 4 rings (SSSR count). The number of hydrogen-bond acceptors (Lipinski definition) is 5. The van der Waals surface area contributed by atoms with Gasteiger partial charge in [0.05, 0.1) is 17.7 Å². The van der Waals surface area contributed by atoms with Crippen molar-refractivity contribution in [1.29, 1.82) is 0 Å². The zero-order chi connectivity index (χ0) is 35.0. The van der Waals surface area contributed by atoms with Gasteiger partial charge >= 0.3 is 0 Å². The number of hydrogen-bond donors (Lipinski definition) is 1. The molecule has 0 aliphatic carbocycles. The number of carbonyl (C=O) groups excluding carboxylic acids is 2. The van der Waals surface area contributed by atoms with Crippen LogP contribution in [0.2, 0.25) is 10.0 Å². The van der Waals surface area contributed by atoms with E-state index in [1.807, 2.05) is 58.0 Å². The normalized spacial score (nSPS) is 12.6. The van der Waals surface area contributed by atoms with Crippen molar-refractivity contribution in [1.82, 2.24) is 10.2 Å². The van der Waals surface area contributed by atoms with Crippen LogP contribution in [0, 0.1) is 13.8 Å². The Bertz CT molecular complexity index is 1840. The third kappa shape index (κ3) is 9.09. The van der Waals surface area contributed by atoms with E-state index in [4.69, 9.17) is 27.9 Å². The van der Waals surface area contributed by atoms with Crippen molar-refractivity contribution in [2.24, 2.45) is 0 Å². The summed E-state index contributed by atoms with van der Waals surface area (Å²) in [7, 11) is -2.86. The second-order valence-corrected chi connectivity index (χ2v) is 14.5. The molecule has 11 heteroatoms. The van der Waals surface area contributed by atoms with Crippen LogP contribution in [0.25, 0.3) is 0 Å². The fourth-order valence-electron chi connectivity index (χ4n) is 5.17. The van der Waals surface area contributed by atoms with E-state index in [1.165, 1.54) is 24.1 Å². The number of aryl methyl sites for hydroxylation is 2. The molecule has 8 nitrogen and oxygen atoms in total. The fourth-order valence-corrected chi connectivity index (χ4v) is 7.06. The van der Waals surface area contributed by atoms with Gasteiger partial charge in [0.1, 0.15) is 18.3 Å². The topological polar surface area (TPSA) is 96.0 Å². The van der Waals surface area contributed by atoms with E-state index >= 15 is 0 Å². The minimum Gasteiger partial charge on any atom is -0.495 e. The van der Waals surface area contributed by atoms with E-state index in [0.29, 0.717) is 22.0 Å². The smallest absolute Gasteiger partial charge is 0.264 e. The number of anilines is 1. The van der Waals surface area contributed by atoms with Gasteiger partial charge in [0.2, 0.25) is 11.8 Å². The van der Waals surface area contributed by atoms with Gasteiger partial charge in [-0.3, -0.25) is 13.9 Å². The van der Waals surface area contributed by atoms with Crippen LogP contribution >= 0.6 is 23.2 Å². The lowest BCUT2D eigenvalue weighted by molar-refractivity contribution is -0.140. The van der Waals surface area contributed by atoms with Gasteiger partial charge < -0.3 is 15.0 Å². The SMILES string of the molecule is CC[C@@H](C)NC(=O)[C@@H](Cc1ccccc1)N(Cc1ccc(Cl)cc1Cl)C(=O)CN(c1cc(C)ccc1OC)S(=O)(=O)c1ccc(C)cc1. The molecule has 2 atom stereocenters. The molecule has 48 heavy (non-hydrogen) atoms. The van der Waals surface area contributed by atoms with Crippen molar-refractivity contribution in [3.8, 4) is 5.75 Å². The zero-order valence-corrected chi connectivity index (χ0v) is 30.1. The molecule has 0 unspecified atom stereocenters. The lowest BCUT2D eigenvalue weighted by Gasteiger charge is -2.34. The monoisotopic (exact) mass is 709 g/mol. The number of sulfonamides is 1. The van der Waals surface area contributed by atoms with Crippen molar-refractivity contribution in [2.75, 3.05) is 18.0 Å². The maximum absolute atomic E-state index is 14.7. The summed E-state index contributed by atoms with van der Waals surface area (Å²) in [6.07, 6.45) is 0.856. The molecule has 254 valence electrons. The quantitative estimate of drug-likeness (QED) is 0.148. The van der Waals surface area contributed by atoms with Crippen LogP contribution in [0.15, 0.2) is 95.9 Å². The lowest BCUT2D eigenvalue weighted by atomic mass is 10.0. The van der Waals surface area contributed by atoms with Crippen LogP contribution in [0.3, 0.4) is 0 Å². The van der Waals surface area contributed by atoms with E-state index in [0.717, 1.165) is 21.0 Å². The molecule has 1 N–H and O–H groups in total. The summed E-state index contributed by atoms with van der Waals surface area (Å²) in [5.74, 6) is -0.708. The van der Waals surface area contributed by atoms with E-state index < -0.39 is 28.5 Å². The van der Waals surface area contributed by atoms with Gasteiger partial charge in [0.25, 0.3) is 10.0 Å². The molecule has 0 aliphatic rings. The van der Waals surface area contributed by atoms with Gasteiger partial charge in [-0.15, -0.1) is 0 Å². The highest BCUT2D eigenvalue weighted by Gasteiger charge is 2.36. The molecule has 0 saturated heterocycles. The first-order chi connectivity index (χ1) is 22.8. The molecular formula is C37H41Cl2N3O5S. The molecule has 0 aliphatic heterocycles. The second kappa shape index (κ2) is 16.4. The first-order valence-corrected chi connectivity index (χ1v) is 17.8. The Hall–Kier alpha value is -4.05. The maximum atomic E-state index is 14.7. The molecule has 4 aromatic carbocycles. The Labute approximate surface area is 293 Å². The van der Waals surface area contributed by atoms with Crippen LogP contribution < -0.4 is 14.4 Å². The number of ether oxygens (including phenoxy) is 1. The molecule has 0 aromatic heterocycles. The zero-order valence-electron chi connectivity index (χ0n) is 27.7. The predicted molar refractivity (Wildman–Crippen MR) is 192 cm³/mol.